The lowest BCUT2D eigenvalue weighted by atomic mass is 9.85. The number of nitrogens with zero attached hydrogens (tertiary/aromatic N) is 3. The van der Waals surface area contributed by atoms with E-state index in [9.17, 15) is 9.59 Å². The van der Waals surface area contributed by atoms with Crippen molar-refractivity contribution in [1.82, 2.24) is 20.4 Å². The first-order valence-electron chi connectivity index (χ1n) is 10.3. The molecule has 4 unspecified atom stereocenters. The van der Waals surface area contributed by atoms with Gasteiger partial charge in [-0.1, -0.05) is 26.0 Å². The number of amides is 2. The summed E-state index contributed by atoms with van der Waals surface area (Å²) in [6.45, 7) is 9.33. The van der Waals surface area contributed by atoms with Crippen molar-refractivity contribution in [2.75, 3.05) is 46.3 Å². The molecular formula is C20H33N5O2. The van der Waals surface area contributed by atoms with Gasteiger partial charge in [0.15, 0.2) is 5.96 Å². The van der Waals surface area contributed by atoms with Crippen LogP contribution in [0.2, 0.25) is 0 Å². The van der Waals surface area contributed by atoms with Crippen LogP contribution in [0.5, 0.6) is 0 Å². The molecule has 27 heavy (non-hydrogen) atoms. The van der Waals surface area contributed by atoms with Gasteiger partial charge in [-0.05, 0) is 44.3 Å². The van der Waals surface area contributed by atoms with Crippen molar-refractivity contribution in [2.45, 2.75) is 26.7 Å². The Labute approximate surface area is 162 Å². The highest BCUT2D eigenvalue weighted by Gasteiger charge is 2.58. The molecule has 3 aliphatic rings. The monoisotopic (exact) mass is 375 g/mol. The molecule has 1 heterocycles. The minimum absolute atomic E-state index is 0.0193. The summed E-state index contributed by atoms with van der Waals surface area (Å²) in [5, 5.41) is 6.52. The Kier molecular flexibility index (Phi) is 6.52. The van der Waals surface area contributed by atoms with Gasteiger partial charge in [0.2, 0.25) is 11.8 Å². The van der Waals surface area contributed by atoms with Gasteiger partial charge in [0.05, 0.1) is 11.8 Å². The molecule has 0 aromatic rings. The quantitative estimate of drug-likeness (QED) is 0.204. The highest BCUT2D eigenvalue weighted by Crippen LogP contribution is 2.52. The maximum atomic E-state index is 12.7. The van der Waals surface area contributed by atoms with E-state index in [4.69, 9.17) is 0 Å². The lowest BCUT2D eigenvalue weighted by Gasteiger charge is -2.20. The average Bonchev–Trinajstić information content (AvgIpc) is 3.36. The van der Waals surface area contributed by atoms with E-state index < -0.39 is 0 Å². The van der Waals surface area contributed by atoms with Crippen LogP contribution in [0.3, 0.4) is 0 Å². The first kappa shape index (κ1) is 19.9. The third kappa shape index (κ3) is 4.03. The first-order chi connectivity index (χ1) is 13.1. The van der Waals surface area contributed by atoms with E-state index in [1.54, 1.807) is 7.05 Å². The number of carbonyl (C=O) groups is 2. The number of hydrogen-bond donors (Lipinski definition) is 2. The molecule has 1 saturated carbocycles. The number of allylic oxidation sites excluding steroid dienone is 2. The molecule has 2 N–H and O–H groups in total. The number of fused-ring (bicyclic) bond motifs is 5. The van der Waals surface area contributed by atoms with Crippen LogP contribution >= 0.6 is 0 Å². The predicted molar refractivity (Wildman–Crippen MR) is 106 cm³/mol. The smallest absolute Gasteiger partial charge is 0.233 e. The normalized spacial score (nSPS) is 29.2. The first-order valence-corrected chi connectivity index (χ1v) is 10.3. The van der Waals surface area contributed by atoms with Crippen molar-refractivity contribution in [3.8, 4) is 0 Å². The van der Waals surface area contributed by atoms with Crippen LogP contribution < -0.4 is 10.6 Å². The number of imide groups is 1. The molecule has 2 amide bonds. The van der Waals surface area contributed by atoms with Gasteiger partial charge < -0.3 is 15.5 Å². The average molecular weight is 376 g/mol. The van der Waals surface area contributed by atoms with Gasteiger partial charge in [-0.15, -0.1) is 0 Å². The molecule has 2 aliphatic carbocycles. The van der Waals surface area contributed by atoms with E-state index in [1.165, 1.54) is 4.90 Å². The van der Waals surface area contributed by atoms with Gasteiger partial charge in [0.1, 0.15) is 0 Å². The Balaban J connectivity index is 1.39. The highest BCUT2D eigenvalue weighted by atomic mass is 16.2. The Bertz CT molecular complexity index is 583. The summed E-state index contributed by atoms with van der Waals surface area (Å²) < 4.78 is 0. The Morgan fingerprint density at radius 1 is 1.11 bits per heavy atom. The van der Waals surface area contributed by atoms with Crippen LogP contribution in [0.4, 0.5) is 0 Å². The fraction of sp³-hybridized carbons (Fsp3) is 0.750. The number of aliphatic imine (C=N–C) groups is 1. The van der Waals surface area contributed by atoms with Crippen LogP contribution in [0.15, 0.2) is 17.1 Å². The molecular weight excluding hydrogens is 342 g/mol. The Morgan fingerprint density at radius 3 is 2.26 bits per heavy atom. The van der Waals surface area contributed by atoms with Crippen LogP contribution in [-0.4, -0.2) is 73.9 Å². The summed E-state index contributed by atoms with van der Waals surface area (Å²) in [4.78, 5) is 33.4. The number of hydrogen-bond acceptors (Lipinski definition) is 4. The van der Waals surface area contributed by atoms with Crippen molar-refractivity contribution in [2.24, 2.45) is 28.7 Å². The van der Waals surface area contributed by atoms with Crippen molar-refractivity contribution in [3.05, 3.63) is 12.2 Å². The zero-order valence-electron chi connectivity index (χ0n) is 16.8. The van der Waals surface area contributed by atoms with Gasteiger partial charge in [0.25, 0.3) is 0 Å². The van der Waals surface area contributed by atoms with Crippen LogP contribution in [-0.2, 0) is 9.59 Å². The number of guanidine groups is 1. The second-order valence-corrected chi connectivity index (χ2v) is 7.63. The molecule has 7 heteroatoms. The van der Waals surface area contributed by atoms with Crippen molar-refractivity contribution < 1.29 is 9.59 Å². The number of rotatable bonds is 9. The van der Waals surface area contributed by atoms with E-state index in [-0.39, 0.29) is 35.5 Å². The highest BCUT2D eigenvalue weighted by molar-refractivity contribution is 6.06. The molecule has 0 aromatic heterocycles. The standard InChI is InChI=1S/C20H33N5O2/c1-4-24(5-2)11-6-9-22-20(21-3)23-10-12-25-18(26)16-14-7-8-15(13-14)17(16)19(25)27/h7-8,14-17H,4-6,9-13H2,1-3H3,(H2,21,22,23). The maximum absolute atomic E-state index is 12.7. The molecule has 2 fully saturated rings. The lowest BCUT2D eigenvalue weighted by Crippen LogP contribution is -2.44. The van der Waals surface area contributed by atoms with E-state index in [0.29, 0.717) is 13.1 Å². The van der Waals surface area contributed by atoms with Crippen LogP contribution in [0.1, 0.15) is 26.7 Å². The topological polar surface area (TPSA) is 77.0 Å². The van der Waals surface area contributed by atoms with Gasteiger partial charge in [-0.3, -0.25) is 19.5 Å². The zero-order valence-corrected chi connectivity index (χ0v) is 16.8. The zero-order chi connectivity index (χ0) is 19.4. The van der Waals surface area contributed by atoms with Crippen molar-refractivity contribution in [3.63, 3.8) is 0 Å². The molecule has 1 saturated heterocycles. The van der Waals surface area contributed by atoms with Crippen LogP contribution in [0.25, 0.3) is 0 Å². The molecule has 4 atom stereocenters. The molecule has 1 aliphatic heterocycles. The fourth-order valence-corrected chi connectivity index (χ4v) is 4.74. The van der Waals surface area contributed by atoms with Crippen molar-refractivity contribution in [1.29, 1.82) is 0 Å². The third-order valence-corrected chi connectivity index (χ3v) is 6.25. The molecule has 7 nitrogen and oxygen atoms in total. The summed E-state index contributed by atoms with van der Waals surface area (Å²) in [6.07, 6.45) is 6.28. The Hall–Kier alpha value is -1.89. The van der Waals surface area contributed by atoms with E-state index in [2.05, 4.69) is 46.5 Å². The summed E-state index contributed by atoms with van der Waals surface area (Å²) in [5.41, 5.74) is 0. The second-order valence-electron chi connectivity index (χ2n) is 7.63. The summed E-state index contributed by atoms with van der Waals surface area (Å²) in [5.74, 6) is 1.09. The minimum Gasteiger partial charge on any atom is -0.356 e. The lowest BCUT2D eigenvalue weighted by molar-refractivity contribution is -0.140. The maximum Gasteiger partial charge on any atom is 0.233 e. The molecule has 0 radical (unpaired) electrons. The summed E-state index contributed by atoms with van der Waals surface area (Å²) in [7, 11) is 1.74. The summed E-state index contributed by atoms with van der Waals surface area (Å²) >= 11 is 0. The molecule has 0 aromatic carbocycles. The summed E-state index contributed by atoms with van der Waals surface area (Å²) in [6, 6.07) is 0. The molecule has 2 bridgehead atoms. The van der Waals surface area contributed by atoms with Crippen molar-refractivity contribution >= 4 is 17.8 Å². The van der Waals surface area contributed by atoms with Gasteiger partial charge in [-0.25, -0.2) is 0 Å². The number of nitrogens with one attached hydrogen (secondary N) is 2. The van der Waals surface area contributed by atoms with Gasteiger partial charge in [0, 0.05) is 26.7 Å². The second kappa shape index (κ2) is 8.87. The van der Waals surface area contributed by atoms with Crippen LogP contribution in [0, 0.1) is 23.7 Å². The van der Waals surface area contributed by atoms with Gasteiger partial charge in [-0.2, -0.15) is 0 Å². The molecule has 150 valence electrons. The molecule has 3 rings (SSSR count). The fourth-order valence-electron chi connectivity index (χ4n) is 4.74. The Morgan fingerprint density at radius 2 is 1.70 bits per heavy atom. The molecule has 0 spiro atoms. The number of likely N-dealkylation sites (tertiary alicyclic amines) is 1. The third-order valence-electron chi connectivity index (χ3n) is 6.25. The van der Waals surface area contributed by atoms with Gasteiger partial charge >= 0.3 is 0 Å². The number of carbonyl (C=O) groups excluding carboxylic acids is 2. The minimum atomic E-state index is -0.106. The van der Waals surface area contributed by atoms with E-state index in [1.807, 2.05) is 0 Å². The SMILES string of the molecule is CCN(CC)CCCNC(=NC)NCCN1C(=O)C2C3C=CC(C3)C2C1=O. The largest absolute Gasteiger partial charge is 0.356 e. The van der Waals surface area contributed by atoms with E-state index in [0.717, 1.165) is 45.0 Å². The predicted octanol–water partition coefficient (Wildman–Crippen LogP) is 0.690. The van der Waals surface area contributed by atoms with E-state index >= 15 is 0 Å².